The van der Waals surface area contributed by atoms with Crippen LogP contribution in [-0.2, 0) is 5.60 Å². The smallest absolute Gasteiger partial charge is 0.387 e. The van der Waals surface area contributed by atoms with Gasteiger partial charge in [0.25, 0.3) is 5.91 Å². The molecule has 3 aromatic heterocycles. The minimum absolute atomic E-state index is 0.0291. The van der Waals surface area contributed by atoms with Crippen molar-refractivity contribution in [2.24, 2.45) is 0 Å². The van der Waals surface area contributed by atoms with Gasteiger partial charge in [-0.05, 0) is 37.3 Å². The predicted octanol–water partition coefficient (Wildman–Crippen LogP) is 4.20. The molecule has 194 valence electrons. The van der Waals surface area contributed by atoms with E-state index in [1.807, 2.05) is 0 Å². The molecular formula is C27H23F2N5O4. The van der Waals surface area contributed by atoms with Gasteiger partial charge in [0.05, 0.1) is 24.4 Å². The molecule has 4 aromatic rings. The highest BCUT2D eigenvalue weighted by molar-refractivity contribution is 5.97. The number of pyridine rings is 2. The van der Waals surface area contributed by atoms with Gasteiger partial charge in [0.1, 0.15) is 34.1 Å². The van der Waals surface area contributed by atoms with Gasteiger partial charge in [0.2, 0.25) is 0 Å². The highest BCUT2D eigenvalue weighted by Gasteiger charge is 2.45. The summed E-state index contributed by atoms with van der Waals surface area (Å²) in [6, 6.07) is 7.63. The first-order valence-corrected chi connectivity index (χ1v) is 12.1. The largest absolute Gasteiger partial charge is 0.491 e. The molecule has 0 aliphatic carbocycles. The number of carbonyl (C=O) groups excluding carboxylic acids is 1. The van der Waals surface area contributed by atoms with Crippen molar-refractivity contribution in [2.75, 3.05) is 13.6 Å². The van der Waals surface area contributed by atoms with Crippen molar-refractivity contribution in [3.63, 3.8) is 0 Å². The second-order valence-corrected chi connectivity index (χ2v) is 9.86. The molecule has 0 saturated carbocycles. The monoisotopic (exact) mass is 522 g/mol. The number of hydrogen-bond acceptors (Lipinski definition) is 7. The Morgan fingerprint density at radius 2 is 2.13 bits per heavy atom. The molecule has 38 heavy (non-hydrogen) atoms. The van der Waals surface area contributed by atoms with Crippen LogP contribution >= 0.6 is 0 Å². The lowest BCUT2D eigenvalue weighted by Gasteiger charge is -2.29. The van der Waals surface area contributed by atoms with E-state index in [-0.39, 0.29) is 23.3 Å². The second kappa shape index (κ2) is 7.94. The topological polar surface area (TPSA) is 103 Å². The minimum atomic E-state index is -3.15. The standard InChI is InChI=1S/C27H23F2N5O4/c1-27(36)8-9-37-20-10-13(12-30-22(20)27)15-6-7-16-23(31-15)34-17-11-18(24(34)32-16)33(2)25(35)14-4-3-5-19(21(14)17)38-26(28)29/h3-7,10,12,17-18,26,36H,8-9,11H2,1-2H3/t17-,18-,27+/m1/s1/i2D3. The summed E-state index contributed by atoms with van der Waals surface area (Å²) in [6.45, 7) is -3.97. The quantitative estimate of drug-likeness (QED) is 0.430. The van der Waals surface area contributed by atoms with E-state index < -0.39 is 37.2 Å². The Morgan fingerprint density at radius 1 is 1.26 bits per heavy atom. The van der Waals surface area contributed by atoms with E-state index in [0.717, 1.165) is 4.90 Å². The van der Waals surface area contributed by atoms with Crippen molar-refractivity contribution >= 4 is 17.1 Å². The summed E-state index contributed by atoms with van der Waals surface area (Å²) in [4.78, 5) is 28.3. The first kappa shape index (κ1) is 19.9. The Balaban J connectivity index is 1.43. The maximum Gasteiger partial charge on any atom is 0.387 e. The molecule has 1 amide bonds. The van der Waals surface area contributed by atoms with Crippen LogP contribution in [-0.4, -0.2) is 55.6 Å². The molecule has 9 nitrogen and oxygen atoms in total. The summed E-state index contributed by atoms with van der Waals surface area (Å²) in [5, 5.41) is 10.7. The first-order valence-electron chi connectivity index (χ1n) is 13.6. The normalized spacial score (nSPS) is 25.1. The number of rotatable bonds is 3. The van der Waals surface area contributed by atoms with Crippen molar-refractivity contribution in [2.45, 2.75) is 44.1 Å². The van der Waals surface area contributed by atoms with Crippen molar-refractivity contribution in [3.05, 3.63) is 65.2 Å². The van der Waals surface area contributed by atoms with Crippen LogP contribution in [0.5, 0.6) is 11.5 Å². The minimum Gasteiger partial charge on any atom is -0.491 e. The van der Waals surface area contributed by atoms with Crippen molar-refractivity contribution in [1.29, 1.82) is 0 Å². The maximum absolute atomic E-state index is 13.6. The molecule has 3 aliphatic rings. The van der Waals surface area contributed by atoms with Crippen LogP contribution in [0.1, 0.15) is 63.4 Å². The molecule has 1 aromatic carbocycles. The molecule has 11 heteroatoms. The van der Waals surface area contributed by atoms with Gasteiger partial charge in [-0.1, -0.05) is 6.07 Å². The first-order chi connectivity index (χ1) is 19.4. The number of imidazole rings is 1. The summed E-state index contributed by atoms with van der Waals surface area (Å²) in [6.07, 6.45) is 2.09. The van der Waals surface area contributed by atoms with Crippen molar-refractivity contribution in [3.8, 4) is 22.8 Å². The SMILES string of the molecule is [2H]C([2H])([2H])N1C(=O)c2cccc(OC(F)F)c2[C@H]2C[C@@H]1c1nc3ccc(-c4cnc5c(c4)OCC[C@]5(C)O)nc3n12. The number of benzene rings is 1. The third-order valence-electron chi connectivity index (χ3n) is 7.50. The zero-order valence-electron chi connectivity index (χ0n) is 23.1. The molecule has 0 fully saturated rings. The Bertz CT molecular complexity index is 1740. The Kier molecular flexibility index (Phi) is 4.16. The highest BCUT2D eigenvalue weighted by atomic mass is 19.3. The predicted molar refractivity (Wildman–Crippen MR) is 131 cm³/mol. The van der Waals surface area contributed by atoms with Crippen LogP contribution < -0.4 is 9.47 Å². The number of hydrogen-bond donors (Lipinski definition) is 1. The van der Waals surface area contributed by atoms with Gasteiger partial charge in [0, 0.05) is 46.8 Å². The van der Waals surface area contributed by atoms with E-state index in [0.29, 0.717) is 52.7 Å². The molecule has 0 unspecified atom stereocenters. The van der Waals surface area contributed by atoms with Gasteiger partial charge in [-0.2, -0.15) is 8.78 Å². The number of halogens is 2. The molecule has 0 saturated heterocycles. The molecule has 7 rings (SSSR count). The van der Waals surface area contributed by atoms with Crippen LogP contribution in [0, 0.1) is 0 Å². The summed E-state index contributed by atoms with van der Waals surface area (Å²) in [7, 11) is 0. The fourth-order valence-corrected chi connectivity index (χ4v) is 5.71. The van der Waals surface area contributed by atoms with Crippen LogP contribution in [0.3, 0.4) is 0 Å². The fourth-order valence-electron chi connectivity index (χ4n) is 5.71. The fraction of sp³-hybridized carbons (Fsp3) is 0.333. The highest BCUT2D eigenvalue weighted by Crippen LogP contribution is 2.50. The Hall–Kier alpha value is -4.12. The Labute approximate surface area is 219 Å². The van der Waals surface area contributed by atoms with E-state index in [1.165, 1.54) is 18.2 Å². The number of amides is 1. The van der Waals surface area contributed by atoms with E-state index in [4.69, 9.17) is 18.6 Å². The molecule has 0 spiro atoms. The van der Waals surface area contributed by atoms with Gasteiger partial charge in [-0.15, -0.1) is 0 Å². The summed E-state index contributed by atoms with van der Waals surface area (Å²) in [5.41, 5.74) is 1.38. The molecular weight excluding hydrogens is 496 g/mol. The summed E-state index contributed by atoms with van der Waals surface area (Å²) < 4.78 is 63.5. The van der Waals surface area contributed by atoms with Gasteiger partial charge >= 0.3 is 6.61 Å². The van der Waals surface area contributed by atoms with Crippen LogP contribution in [0.2, 0.25) is 0 Å². The summed E-state index contributed by atoms with van der Waals surface area (Å²) >= 11 is 0. The average Bonchev–Trinajstić information content (AvgIpc) is 3.40. The lowest BCUT2D eigenvalue weighted by molar-refractivity contribution is -0.0507. The molecule has 6 heterocycles. The van der Waals surface area contributed by atoms with Crippen LogP contribution in [0.4, 0.5) is 8.78 Å². The number of carbonyl (C=O) groups is 1. The molecule has 2 bridgehead atoms. The van der Waals surface area contributed by atoms with Crippen LogP contribution in [0.25, 0.3) is 22.4 Å². The van der Waals surface area contributed by atoms with Gasteiger partial charge in [0.15, 0.2) is 5.65 Å². The van der Waals surface area contributed by atoms with E-state index in [9.17, 15) is 18.7 Å². The van der Waals surface area contributed by atoms with E-state index >= 15 is 0 Å². The van der Waals surface area contributed by atoms with Gasteiger partial charge in [-0.3, -0.25) is 9.78 Å². The maximum atomic E-state index is 13.6. The zero-order valence-corrected chi connectivity index (χ0v) is 20.1. The number of ether oxygens (including phenoxy) is 2. The lowest BCUT2D eigenvalue weighted by atomic mass is 9.94. The lowest BCUT2D eigenvalue weighted by Crippen LogP contribution is -2.30. The molecule has 3 aliphatic heterocycles. The summed E-state index contributed by atoms with van der Waals surface area (Å²) in [5.74, 6) is -0.285. The van der Waals surface area contributed by atoms with Gasteiger partial charge < -0.3 is 24.0 Å². The third-order valence-corrected chi connectivity index (χ3v) is 7.50. The van der Waals surface area contributed by atoms with Gasteiger partial charge in [-0.25, -0.2) is 9.97 Å². The number of alkyl halides is 2. The number of aromatic nitrogens is 4. The second-order valence-electron chi connectivity index (χ2n) is 9.86. The number of nitrogens with zero attached hydrogens (tertiary/aromatic N) is 5. The Morgan fingerprint density at radius 3 is 2.95 bits per heavy atom. The molecule has 0 radical (unpaired) electrons. The van der Waals surface area contributed by atoms with E-state index in [2.05, 4.69) is 9.97 Å². The average molecular weight is 523 g/mol. The van der Waals surface area contributed by atoms with Crippen molar-refractivity contribution < 1.29 is 32.3 Å². The van der Waals surface area contributed by atoms with Crippen molar-refractivity contribution in [1.82, 2.24) is 24.4 Å². The van der Waals surface area contributed by atoms with E-state index in [1.54, 1.807) is 35.9 Å². The number of aliphatic hydroxyl groups is 1. The third kappa shape index (κ3) is 3.24. The number of fused-ring (bicyclic) bond motifs is 10. The van der Waals surface area contributed by atoms with Crippen LogP contribution in [0.15, 0.2) is 42.6 Å². The molecule has 1 N–H and O–H groups in total. The molecule has 3 atom stereocenters. The zero-order chi connectivity index (χ0) is 28.8.